The highest BCUT2D eigenvalue weighted by molar-refractivity contribution is 6.33. The second-order valence-electron chi connectivity index (χ2n) is 6.05. The highest BCUT2D eigenvalue weighted by atomic mass is 35.5. The average Bonchev–Trinajstić information content (AvgIpc) is 2.61. The Hall–Kier alpha value is -2.92. The molecule has 0 saturated carbocycles. The zero-order valence-electron chi connectivity index (χ0n) is 14.4. The molecule has 6 heteroatoms. The van der Waals surface area contributed by atoms with E-state index in [4.69, 9.17) is 17.3 Å². The fourth-order valence-electron chi connectivity index (χ4n) is 2.62. The molecule has 0 aliphatic rings. The number of nitrogen functional groups attached to an aromatic ring is 1. The van der Waals surface area contributed by atoms with E-state index in [2.05, 4.69) is 15.3 Å². The van der Waals surface area contributed by atoms with E-state index in [-0.39, 0.29) is 12.2 Å². The Kier molecular flexibility index (Phi) is 5.49. The minimum absolute atomic E-state index is 0.100. The van der Waals surface area contributed by atoms with Gasteiger partial charge < -0.3 is 11.1 Å². The van der Waals surface area contributed by atoms with Crippen LogP contribution in [0, 0.1) is 6.92 Å². The largest absolute Gasteiger partial charge is 0.382 e. The maximum absolute atomic E-state index is 12.5. The van der Waals surface area contributed by atoms with Crippen LogP contribution in [-0.4, -0.2) is 15.8 Å². The van der Waals surface area contributed by atoms with E-state index in [0.717, 1.165) is 22.4 Å². The number of carbonyl (C=O) groups excluding carboxylic acids is 1. The monoisotopic (exact) mass is 366 g/mol. The third-order valence-electron chi connectivity index (χ3n) is 3.92. The van der Waals surface area contributed by atoms with Gasteiger partial charge in [0.25, 0.3) is 0 Å². The van der Waals surface area contributed by atoms with Crippen molar-refractivity contribution in [2.75, 3.05) is 11.1 Å². The van der Waals surface area contributed by atoms with Gasteiger partial charge in [0.15, 0.2) is 5.78 Å². The average molecular weight is 367 g/mol. The van der Waals surface area contributed by atoms with Gasteiger partial charge in [0.05, 0.1) is 10.7 Å². The standard InChI is InChI=1S/C20H19ClN4O/c1-13-8-16(21)19(25-11-13)18(26)10-14-4-2-5-15(9-14)12-24-17-6-3-7-23-20(17)22/h2-9,11,24H,10,12H2,1H3,(H2,22,23). The first kappa shape index (κ1) is 17.9. The Morgan fingerprint density at radius 1 is 1.15 bits per heavy atom. The second-order valence-corrected chi connectivity index (χ2v) is 6.46. The van der Waals surface area contributed by atoms with Gasteiger partial charge in [-0.05, 0) is 41.8 Å². The summed E-state index contributed by atoms with van der Waals surface area (Å²) in [5, 5.41) is 3.64. The fraction of sp³-hybridized carbons (Fsp3) is 0.150. The van der Waals surface area contributed by atoms with E-state index in [1.807, 2.05) is 43.3 Å². The first-order valence-electron chi connectivity index (χ1n) is 8.20. The Balaban J connectivity index is 1.69. The number of aromatic nitrogens is 2. The molecular formula is C20H19ClN4O. The van der Waals surface area contributed by atoms with Crippen molar-refractivity contribution in [3.63, 3.8) is 0 Å². The summed E-state index contributed by atoms with van der Waals surface area (Å²) in [4.78, 5) is 20.7. The first-order chi connectivity index (χ1) is 12.5. The molecule has 1 aromatic carbocycles. The molecule has 2 aromatic heterocycles. The Bertz CT molecular complexity index is 943. The van der Waals surface area contributed by atoms with Gasteiger partial charge in [0, 0.05) is 25.4 Å². The second kappa shape index (κ2) is 7.97. The molecule has 3 aromatic rings. The molecule has 0 saturated heterocycles. The number of aryl methyl sites for hydroxylation is 1. The van der Waals surface area contributed by atoms with Crippen LogP contribution in [0.5, 0.6) is 0 Å². The lowest BCUT2D eigenvalue weighted by atomic mass is 10.0. The lowest BCUT2D eigenvalue weighted by Gasteiger charge is -2.10. The minimum atomic E-state index is -0.100. The number of rotatable bonds is 6. The molecule has 3 N–H and O–H groups in total. The van der Waals surface area contributed by atoms with E-state index in [1.54, 1.807) is 18.5 Å². The van der Waals surface area contributed by atoms with E-state index in [0.29, 0.717) is 23.1 Å². The summed E-state index contributed by atoms with van der Waals surface area (Å²) in [6, 6.07) is 13.3. The molecular weight excluding hydrogens is 348 g/mol. The molecule has 2 heterocycles. The summed E-state index contributed by atoms with van der Waals surface area (Å²) in [5.41, 5.74) is 9.80. The van der Waals surface area contributed by atoms with Gasteiger partial charge in [0.1, 0.15) is 11.5 Å². The number of hydrogen-bond donors (Lipinski definition) is 2. The number of nitrogens with two attached hydrogens (primary N) is 1. The molecule has 0 fully saturated rings. The molecule has 26 heavy (non-hydrogen) atoms. The third-order valence-corrected chi connectivity index (χ3v) is 4.21. The van der Waals surface area contributed by atoms with Gasteiger partial charge in [-0.2, -0.15) is 0 Å². The van der Waals surface area contributed by atoms with Crippen molar-refractivity contribution in [3.05, 3.63) is 82.3 Å². The van der Waals surface area contributed by atoms with Crippen LogP contribution in [-0.2, 0) is 13.0 Å². The van der Waals surface area contributed by atoms with Gasteiger partial charge in [0.2, 0.25) is 0 Å². The van der Waals surface area contributed by atoms with Gasteiger partial charge in [-0.15, -0.1) is 0 Å². The molecule has 0 spiro atoms. The highest BCUT2D eigenvalue weighted by Crippen LogP contribution is 2.19. The number of benzene rings is 1. The van der Waals surface area contributed by atoms with Crippen molar-refractivity contribution in [2.45, 2.75) is 19.9 Å². The maximum Gasteiger partial charge on any atom is 0.187 e. The number of ketones is 1. The van der Waals surface area contributed by atoms with Crippen molar-refractivity contribution in [2.24, 2.45) is 0 Å². The number of Topliss-reactive ketones (excluding diaryl/α,β-unsaturated/α-hetero) is 1. The van der Waals surface area contributed by atoms with Crippen LogP contribution < -0.4 is 11.1 Å². The van der Waals surface area contributed by atoms with Crippen LogP contribution in [0.1, 0.15) is 27.2 Å². The molecule has 3 rings (SSSR count). The SMILES string of the molecule is Cc1cnc(C(=O)Cc2cccc(CNc3cccnc3N)c2)c(Cl)c1. The number of halogens is 1. The molecule has 0 radical (unpaired) electrons. The fourth-order valence-corrected chi connectivity index (χ4v) is 2.95. The molecule has 132 valence electrons. The van der Waals surface area contributed by atoms with Crippen molar-refractivity contribution >= 4 is 28.9 Å². The van der Waals surface area contributed by atoms with Crippen molar-refractivity contribution < 1.29 is 4.79 Å². The van der Waals surface area contributed by atoms with E-state index < -0.39 is 0 Å². The van der Waals surface area contributed by atoms with Crippen LogP contribution in [0.2, 0.25) is 5.02 Å². The lowest BCUT2D eigenvalue weighted by Crippen LogP contribution is -2.08. The molecule has 0 atom stereocenters. The molecule has 0 aliphatic carbocycles. The van der Waals surface area contributed by atoms with Crippen molar-refractivity contribution in [1.82, 2.24) is 9.97 Å². The number of pyridine rings is 2. The number of anilines is 2. The number of nitrogens with one attached hydrogen (secondary N) is 1. The normalized spacial score (nSPS) is 10.5. The topological polar surface area (TPSA) is 80.9 Å². The van der Waals surface area contributed by atoms with Crippen molar-refractivity contribution in [3.8, 4) is 0 Å². The molecule has 0 aliphatic heterocycles. The minimum Gasteiger partial charge on any atom is -0.382 e. The Labute approximate surface area is 157 Å². The van der Waals surface area contributed by atoms with Gasteiger partial charge in [-0.1, -0.05) is 35.9 Å². The smallest absolute Gasteiger partial charge is 0.187 e. The van der Waals surface area contributed by atoms with Crippen LogP contribution >= 0.6 is 11.6 Å². The van der Waals surface area contributed by atoms with Crippen LogP contribution in [0.3, 0.4) is 0 Å². The summed E-state index contributed by atoms with van der Waals surface area (Å²) < 4.78 is 0. The third kappa shape index (κ3) is 4.37. The van der Waals surface area contributed by atoms with Crippen LogP contribution in [0.4, 0.5) is 11.5 Å². The predicted octanol–water partition coefficient (Wildman–Crippen LogP) is 4.06. The van der Waals surface area contributed by atoms with E-state index >= 15 is 0 Å². The van der Waals surface area contributed by atoms with Crippen LogP contribution in [0.15, 0.2) is 54.9 Å². The predicted molar refractivity (Wildman–Crippen MR) is 104 cm³/mol. The summed E-state index contributed by atoms with van der Waals surface area (Å²) in [7, 11) is 0. The lowest BCUT2D eigenvalue weighted by molar-refractivity contribution is 0.0988. The van der Waals surface area contributed by atoms with Crippen molar-refractivity contribution in [1.29, 1.82) is 0 Å². The Morgan fingerprint density at radius 2 is 1.96 bits per heavy atom. The summed E-state index contributed by atoms with van der Waals surface area (Å²) >= 11 is 6.14. The maximum atomic E-state index is 12.5. The number of hydrogen-bond acceptors (Lipinski definition) is 5. The summed E-state index contributed by atoms with van der Waals surface area (Å²) in [6.07, 6.45) is 3.55. The molecule has 0 amide bonds. The van der Waals surface area contributed by atoms with E-state index in [1.165, 1.54) is 0 Å². The van der Waals surface area contributed by atoms with Gasteiger partial charge in [-0.25, -0.2) is 4.98 Å². The first-order valence-corrected chi connectivity index (χ1v) is 8.58. The highest BCUT2D eigenvalue weighted by Gasteiger charge is 2.13. The molecule has 5 nitrogen and oxygen atoms in total. The quantitative estimate of drug-likeness (QED) is 0.643. The molecule has 0 bridgehead atoms. The number of carbonyl (C=O) groups is 1. The zero-order chi connectivity index (χ0) is 18.5. The Morgan fingerprint density at radius 3 is 2.73 bits per heavy atom. The van der Waals surface area contributed by atoms with Crippen LogP contribution in [0.25, 0.3) is 0 Å². The van der Waals surface area contributed by atoms with Gasteiger partial charge in [-0.3, -0.25) is 9.78 Å². The molecule has 0 unspecified atom stereocenters. The summed E-state index contributed by atoms with van der Waals surface area (Å²) in [5.74, 6) is 0.357. The zero-order valence-corrected chi connectivity index (χ0v) is 15.1. The number of nitrogens with zero attached hydrogens (tertiary/aromatic N) is 2. The summed E-state index contributed by atoms with van der Waals surface area (Å²) in [6.45, 7) is 2.47. The van der Waals surface area contributed by atoms with E-state index in [9.17, 15) is 4.79 Å². The van der Waals surface area contributed by atoms with Gasteiger partial charge >= 0.3 is 0 Å².